The molecule has 0 unspecified atom stereocenters. The van der Waals surface area contributed by atoms with E-state index in [9.17, 15) is 49.1 Å². The summed E-state index contributed by atoms with van der Waals surface area (Å²) in [6, 6.07) is 14.2. The average Bonchev–Trinajstić information content (AvgIpc) is 3.12. The largest absolute Gasteiger partial charge is 0.458 e. The first-order chi connectivity index (χ1) is 25.8. The van der Waals surface area contributed by atoms with Gasteiger partial charge in [0.1, 0.15) is 9.92 Å². The van der Waals surface area contributed by atoms with Gasteiger partial charge in [-0.15, -0.1) is 0 Å². The van der Waals surface area contributed by atoms with Crippen LogP contribution in [0, 0.1) is 5.92 Å². The highest BCUT2D eigenvalue weighted by atomic mass is 35.5. The Morgan fingerprint density at radius 3 is 2.16 bits per heavy atom. The summed E-state index contributed by atoms with van der Waals surface area (Å²) >= 11 is 12.5. The number of fused-ring (bicyclic) bond motifs is 6. The number of anilines is 5. The highest BCUT2D eigenvalue weighted by Gasteiger charge is 2.54. The predicted molar refractivity (Wildman–Crippen MR) is 190 cm³/mol. The zero-order valence-corrected chi connectivity index (χ0v) is 30.5. The molecule has 55 heavy (non-hydrogen) atoms. The van der Waals surface area contributed by atoms with Gasteiger partial charge >= 0.3 is 23.9 Å². The number of rotatable bonds is 6. The van der Waals surface area contributed by atoms with Crippen LogP contribution in [0.25, 0.3) is 0 Å². The van der Waals surface area contributed by atoms with E-state index < -0.39 is 33.9 Å². The molecule has 1 fully saturated rings. The van der Waals surface area contributed by atoms with Crippen LogP contribution in [-0.2, 0) is 37.2 Å². The van der Waals surface area contributed by atoms with E-state index in [4.69, 9.17) is 23.2 Å². The summed E-state index contributed by atoms with van der Waals surface area (Å²) in [6.45, 7) is 0.679. The van der Waals surface area contributed by atoms with Gasteiger partial charge < -0.3 is 16.0 Å². The molecule has 0 aliphatic carbocycles. The van der Waals surface area contributed by atoms with E-state index in [0.717, 1.165) is 28.2 Å². The Bertz CT molecular complexity index is 2180. The van der Waals surface area contributed by atoms with Crippen molar-refractivity contribution in [3.8, 4) is 0 Å². The highest BCUT2D eigenvalue weighted by Crippen LogP contribution is 2.32. The smallest absolute Gasteiger partial charge is 0.339 e. The van der Waals surface area contributed by atoms with Gasteiger partial charge in [-0.1, -0.05) is 35.3 Å². The number of carbonyl (C=O) groups is 3. The molecule has 0 saturated carbocycles. The summed E-state index contributed by atoms with van der Waals surface area (Å²) in [4.78, 5) is 45.7. The number of nitrogens with zero attached hydrogens (tertiary/aromatic N) is 4. The number of amides is 1. The third kappa shape index (κ3) is 10.7. The van der Waals surface area contributed by atoms with E-state index in [1.165, 1.54) is 16.6 Å². The molecule has 12 nitrogen and oxygen atoms in total. The summed E-state index contributed by atoms with van der Waals surface area (Å²) in [5.74, 6) is -6.01. The first-order valence-corrected chi connectivity index (χ1v) is 18.4. The Hall–Kier alpha value is -4.85. The zero-order valence-electron chi connectivity index (χ0n) is 28.1. The number of sulfonamides is 1. The van der Waals surface area contributed by atoms with Crippen molar-refractivity contribution in [1.82, 2.24) is 19.3 Å². The van der Waals surface area contributed by atoms with Crippen molar-refractivity contribution in [2.45, 2.75) is 49.4 Å². The van der Waals surface area contributed by atoms with Gasteiger partial charge in [-0.2, -0.15) is 35.6 Å². The summed E-state index contributed by atoms with van der Waals surface area (Å²) in [5, 5.41) is 10.1. The maximum absolute atomic E-state index is 13.2. The lowest BCUT2D eigenvalue weighted by Crippen LogP contribution is -2.39. The molecular formula is C34H29Cl2F6N7O5S. The fourth-order valence-corrected chi connectivity index (χ4v) is 7.72. The van der Waals surface area contributed by atoms with E-state index in [2.05, 4.69) is 30.9 Å². The number of pyridine rings is 1. The summed E-state index contributed by atoms with van der Waals surface area (Å²) in [7, 11) is -3.69. The first kappa shape index (κ1) is 41.3. The molecule has 6 bridgehead atoms. The van der Waals surface area contributed by atoms with Crippen LogP contribution in [-0.4, -0.2) is 70.6 Å². The minimum atomic E-state index is -5.77. The Morgan fingerprint density at radius 2 is 1.51 bits per heavy atom. The number of halogens is 8. The van der Waals surface area contributed by atoms with Gasteiger partial charge in [0.15, 0.2) is 5.82 Å². The number of benzene rings is 2. The fourth-order valence-electron chi connectivity index (χ4n) is 5.62. The van der Waals surface area contributed by atoms with Crippen molar-refractivity contribution < 1.29 is 49.1 Å². The van der Waals surface area contributed by atoms with Gasteiger partial charge in [0, 0.05) is 37.1 Å². The van der Waals surface area contributed by atoms with Crippen LogP contribution in [0.4, 0.5) is 55.2 Å². The first-order valence-electron chi connectivity index (χ1n) is 16.2. The fraction of sp³-hybridized carbons (Fsp3) is 0.294. The molecule has 2 aliphatic heterocycles. The number of alkyl halides is 6. The number of hydrogen-bond acceptors (Lipinski definition) is 10. The molecule has 21 heteroatoms. The second-order valence-corrected chi connectivity index (χ2v) is 15.0. The van der Waals surface area contributed by atoms with Gasteiger partial charge in [0.25, 0.3) is 0 Å². The van der Waals surface area contributed by atoms with E-state index in [-0.39, 0.29) is 21.7 Å². The lowest BCUT2D eigenvalue weighted by Gasteiger charge is -2.31. The number of aryl methyl sites for hydroxylation is 2. The molecule has 292 valence electrons. The lowest BCUT2D eigenvalue weighted by molar-refractivity contribution is -0.193. The Kier molecular flexibility index (Phi) is 12.7. The monoisotopic (exact) mass is 831 g/mol. The molecule has 1 saturated heterocycles. The minimum absolute atomic E-state index is 0.0686. The number of carbonyl (C=O) groups excluding carboxylic acids is 3. The van der Waals surface area contributed by atoms with Crippen LogP contribution in [0.1, 0.15) is 30.4 Å². The van der Waals surface area contributed by atoms with Crippen LogP contribution in [0.2, 0.25) is 10.0 Å². The molecule has 0 spiro atoms. The van der Waals surface area contributed by atoms with Gasteiger partial charge in [0.2, 0.25) is 21.9 Å². The van der Waals surface area contributed by atoms with Crippen molar-refractivity contribution in [2.24, 2.45) is 5.92 Å². The minimum Gasteiger partial charge on any atom is -0.339 e. The molecule has 0 atom stereocenters. The number of nitrogens with one attached hydrogen (secondary N) is 3. The van der Waals surface area contributed by atoms with Crippen LogP contribution >= 0.6 is 23.2 Å². The molecule has 4 aromatic rings. The second-order valence-electron chi connectivity index (χ2n) is 12.3. The number of ketones is 2. The van der Waals surface area contributed by atoms with Crippen LogP contribution in [0.3, 0.4) is 0 Å². The lowest BCUT2D eigenvalue weighted by atomic mass is 9.94. The van der Waals surface area contributed by atoms with Gasteiger partial charge in [-0.3, -0.25) is 19.4 Å². The van der Waals surface area contributed by atoms with Gasteiger partial charge in [-0.05, 0) is 79.1 Å². The third-order valence-electron chi connectivity index (χ3n) is 8.34. The van der Waals surface area contributed by atoms with Crippen molar-refractivity contribution >= 4 is 79.5 Å². The number of hydrogen-bond donors (Lipinski definition) is 3. The summed E-state index contributed by atoms with van der Waals surface area (Å²) < 4.78 is 94.6. The molecule has 4 heterocycles. The summed E-state index contributed by atoms with van der Waals surface area (Å²) in [5.41, 5.74) is 4.22. The molecule has 6 rings (SSSR count). The molecule has 3 N–H and O–H groups in total. The van der Waals surface area contributed by atoms with Gasteiger partial charge in [-0.25, -0.2) is 13.4 Å². The van der Waals surface area contributed by atoms with E-state index in [1.54, 1.807) is 24.4 Å². The number of piperidine rings is 1. The molecule has 2 aromatic heterocycles. The number of Topliss-reactive ketones (excluding diaryl/α,β-unsaturated/α-hetero) is 2. The van der Waals surface area contributed by atoms with Crippen LogP contribution in [0.15, 0.2) is 72.0 Å². The van der Waals surface area contributed by atoms with Crippen LogP contribution in [0.5, 0.6) is 0 Å². The maximum Gasteiger partial charge on any atom is 0.458 e. The molecule has 2 aliphatic rings. The Balaban J connectivity index is 0.000000418. The molecule has 2 aromatic carbocycles. The Morgan fingerprint density at radius 1 is 0.836 bits per heavy atom. The standard InChI is InChI=1S/C30H29Cl2N7O3S.C4F6O2/c31-24-3-1-2-4-27(24)43(41,42)39-11-9-19(10-12-39)14-28(40)37-26-8-7-22-15-21(26)6-5-20-13-23(17-33-16-20)36-30-34-18-25(32)29(35-22)38-30;5-3(6,7)1(11)2(12)4(8,9)10/h1-4,7-8,13,15-19H,5-6,9-12,14H2,(H,37,40)(H2,34,35,36,38);. The van der Waals surface area contributed by atoms with Crippen LogP contribution < -0.4 is 16.0 Å². The number of aromatic nitrogens is 3. The SMILES string of the molecule is O=C(C(=O)C(F)(F)F)C(F)(F)F.O=C(CC1CCN(S(=O)(=O)c2ccccc2Cl)CC1)Nc1ccc2cc1CCc1cncc(c1)Nc1ncc(Cl)c(n1)N2. The predicted octanol–water partition coefficient (Wildman–Crippen LogP) is 7.44. The Labute approximate surface area is 319 Å². The third-order valence-corrected chi connectivity index (χ3v) is 11.0. The molecular weight excluding hydrogens is 803 g/mol. The van der Waals surface area contributed by atoms with Crippen molar-refractivity contribution in [2.75, 3.05) is 29.0 Å². The second kappa shape index (κ2) is 16.9. The summed E-state index contributed by atoms with van der Waals surface area (Å²) in [6.07, 6.45) is -3.65. The van der Waals surface area contributed by atoms with E-state index in [1.807, 2.05) is 30.5 Å². The molecule has 1 amide bonds. The zero-order chi connectivity index (χ0) is 40.1. The van der Waals surface area contributed by atoms with Crippen molar-refractivity contribution in [3.63, 3.8) is 0 Å². The van der Waals surface area contributed by atoms with E-state index in [0.29, 0.717) is 62.0 Å². The normalized spacial score (nSPS) is 15.1. The van der Waals surface area contributed by atoms with E-state index >= 15 is 0 Å². The van der Waals surface area contributed by atoms with Crippen molar-refractivity contribution in [3.05, 3.63) is 88.3 Å². The van der Waals surface area contributed by atoms with Gasteiger partial charge in [0.05, 0.1) is 23.1 Å². The molecule has 0 radical (unpaired) electrons. The average molecular weight is 833 g/mol. The quantitative estimate of drug-likeness (QED) is 0.131. The highest BCUT2D eigenvalue weighted by molar-refractivity contribution is 7.89. The maximum atomic E-state index is 13.2. The topological polar surface area (TPSA) is 163 Å². The van der Waals surface area contributed by atoms with Crippen molar-refractivity contribution in [1.29, 1.82) is 0 Å².